The molecule has 0 atom stereocenters. The zero-order valence-corrected chi connectivity index (χ0v) is 13.3. The van der Waals surface area contributed by atoms with Crippen LogP contribution in [0.3, 0.4) is 0 Å². The number of fused-ring (bicyclic) bond motifs is 1. The molecule has 0 bridgehead atoms. The van der Waals surface area contributed by atoms with Crippen LogP contribution in [-0.4, -0.2) is 20.7 Å². The van der Waals surface area contributed by atoms with E-state index in [0.29, 0.717) is 17.2 Å². The van der Waals surface area contributed by atoms with Crippen LogP contribution in [0.15, 0.2) is 41.4 Å². The Morgan fingerprint density at radius 3 is 2.82 bits per heavy atom. The molecule has 0 aliphatic heterocycles. The van der Waals surface area contributed by atoms with Crippen LogP contribution in [-0.2, 0) is 0 Å². The van der Waals surface area contributed by atoms with Crippen molar-refractivity contribution in [3.8, 4) is 11.4 Å². The van der Waals surface area contributed by atoms with Gasteiger partial charge in [-0.05, 0) is 30.4 Å². The number of benzene rings is 1. The molecular formula is C16H17N5S. The minimum absolute atomic E-state index is 0.538. The zero-order chi connectivity index (χ0) is 15.5. The van der Waals surface area contributed by atoms with E-state index >= 15 is 0 Å². The molecule has 0 fully saturated rings. The van der Waals surface area contributed by atoms with Gasteiger partial charge in [-0.2, -0.15) is 0 Å². The molecule has 22 heavy (non-hydrogen) atoms. The van der Waals surface area contributed by atoms with E-state index in [-0.39, 0.29) is 0 Å². The maximum atomic E-state index is 5.61. The summed E-state index contributed by atoms with van der Waals surface area (Å²) in [7, 11) is 0. The molecule has 0 aliphatic carbocycles. The van der Waals surface area contributed by atoms with Crippen LogP contribution < -0.4 is 11.3 Å². The minimum atomic E-state index is 0.538. The molecule has 0 saturated heterocycles. The molecule has 1 aromatic carbocycles. The highest BCUT2D eigenvalue weighted by molar-refractivity contribution is 7.99. The molecule has 0 amide bonds. The molecule has 6 heteroatoms. The first-order valence-electron chi connectivity index (χ1n) is 7.06. The summed E-state index contributed by atoms with van der Waals surface area (Å²) in [4.78, 5) is 14.7. The maximum absolute atomic E-state index is 5.61. The van der Waals surface area contributed by atoms with E-state index in [1.807, 2.05) is 31.2 Å². The van der Waals surface area contributed by atoms with Gasteiger partial charge in [0.1, 0.15) is 5.52 Å². The molecule has 3 N–H and O–H groups in total. The van der Waals surface area contributed by atoms with Crippen LogP contribution >= 0.6 is 11.8 Å². The maximum Gasteiger partial charge on any atom is 0.170 e. The Labute approximate surface area is 133 Å². The highest BCUT2D eigenvalue weighted by atomic mass is 32.2. The number of aromatic nitrogens is 3. The van der Waals surface area contributed by atoms with E-state index in [9.17, 15) is 0 Å². The highest BCUT2D eigenvalue weighted by Crippen LogP contribution is 2.31. The number of rotatable bonds is 4. The summed E-state index contributed by atoms with van der Waals surface area (Å²) in [5, 5.41) is 0. The SMILES string of the molecule is CCSc1ccccc1-c1nc(NN)c2ncc(C)cc2n1. The number of pyridine rings is 1. The number of nitrogens with two attached hydrogens (primary N) is 1. The molecule has 0 radical (unpaired) electrons. The summed E-state index contributed by atoms with van der Waals surface area (Å²) >= 11 is 1.77. The Morgan fingerprint density at radius 2 is 2.05 bits per heavy atom. The summed E-state index contributed by atoms with van der Waals surface area (Å²) in [6, 6.07) is 10.1. The van der Waals surface area contributed by atoms with Crippen LogP contribution in [0.2, 0.25) is 0 Å². The first-order valence-corrected chi connectivity index (χ1v) is 8.04. The highest BCUT2D eigenvalue weighted by Gasteiger charge is 2.12. The van der Waals surface area contributed by atoms with Gasteiger partial charge in [0, 0.05) is 16.7 Å². The molecular weight excluding hydrogens is 294 g/mol. The van der Waals surface area contributed by atoms with E-state index in [1.54, 1.807) is 18.0 Å². The third-order valence-electron chi connectivity index (χ3n) is 3.24. The number of nitrogens with zero attached hydrogens (tertiary/aromatic N) is 3. The van der Waals surface area contributed by atoms with Gasteiger partial charge in [0.2, 0.25) is 0 Å². The fraction of sp³-hybridized carbons (Fsp3) is 0.188. The van der Waals surface area contributed by atoms with Crippen LogP contribution in [0, 0.1) is 6.92 Å². The molecule has 2 heterocycles. The molecule has 0 saturated carbocycles. The van der Waals surface area contributed by atoms with Crippen molar-refractivity contribution in [2.75, 3.05) is 11.2 Å². The molecule has 2 aromatic heterocycles. The van der Waals surface area contributed by atoms with Crippen LogP contribution in [0.4, 0.5) is 5.82 Å². The van der Waals surface area contributed by atoms with Gasteiger partial charge in [0.05, 0.1) is 5.52 Å². The first-order chi connectivity index (χ1) is 10.7. The second kappa shape index (κ2) is 6.29. The number of nitrogen functional groups attached to an aromatic ring is 1. The smallest absolute Gasteiger partial charge is 0.170 e. The number of anilines is 1. The van der Waals surface area contributed by atoms with E-state index in [0.717, 1.165) is 27.3 Å². The standard InChI is InChI=1S/C16H17N5S/c1-3-22-13-7-5-4-6-11(13)15-19-12-8-10(2)9-18-14(12)16(20-15)21-17/h4-9H,3,17H2,1-2H3,(H,19,20,21). The second-order valence-electron chi connectivity index (χ2n) is 4.85. The van der Waals surface area contributed by atoms with Crippen molar-refractivity contribution in [3.63, 3.8) is 0 Å². The first kappa shape index (κ1) is 14.7. The van der Waals surface area contributed by atoms with E-state index in [1.165, 1.54) is 0 Å². The lowest BCUT2D eigenvalue weighted by atomic mass is 10.2. The third-order valence-corrected chi connectivity index (χ3v) is 4.19. The summed E-state index contributed by atoms with van der Waals surface area (Å²) in [5.74, 6) is 7.80. The van der Waals surface area contributed by atoms with Gasteiger partial charge >= 0.3 is 0 Å². The van der Waals surface area contributed by atoms with Gasteiger partial charge in [-0.1, -0.05) is 25.1 Å². The Balaban J connectivity index is 2.23. The van der Waals surface area contributed by atoms with Crippen LogP contribution in [0.5, 0.6) is 0 Å². The lowest BCUT2D eigenvalue weighted by Crippen LogP contribution is -2.11. The van der Waals surface area contributed by atoms with Gasteiger partial charge in [-0.25, -0.2) is 15.8 Å². The Morgan fingerprint density at radius 1 is 1.23 bits per heavy atom. The van der Waals surface area contributed by atoms with Gasteiger partial charge in [-0.3, -0.25) is 4.98 Å². The largest absolute Gasteiger partial charge is 0.307 e. The monoisotopic (exact) mass is 311 g/mol. The lowest BCUT2D eigenvalue weighted by Gasteiger charge is -2.10. The van der Waals surface area contributed by atoms with E-state index in [2.05, 4.69) is 33.4 Å². The number of aryl methyl sites for hydroxylation is 1. The zero-order valence-electron chi connectivity index (χ0n) is 12.5. The number of hydrazine groups is 1. The predicted octanol–water partition coefficient (Wildman–Crippen LogP) is 3.40. The number of hydrogen-bond acceptors (Lipinski definition) is 6. The Kier molecular flexibility index (Phi) is 4.22. The van der Waals surface area contributed by atoms with Crippen LogP contribution in [0.1, 0.15) is 12.5 Å². The quantitative estimate of drug-likeness (QED) is 0.437. The van der Waals surface area contributed by atoms with Gasteiger partial charge in [0.25, 0.3) is 0 Å². The molecule has 0 aliphatic rings. The number of thioether (sulfide) groups is 1. The molecule has 112 valence electrons. The van der Waals surface area contributed by atoms with Gasteiger partial charge in [-0.15, -0.1) is 11.8 Å². The minimum Gasteiger partial charge on any atom is -0.307 e. The average molecular weight is 311 g/mol. The van der Waals surface area contributed by atoms with Gasteiger partial charge in [0.15, 0.2) is 11.6 Å². The summed E-state index contributed by atoms with van der Waals surface area (Å²) in [5.41, 5.74) is 6.16. The molecule has 0 spiro atoms. The van der Waals surface area contributed by atoms with Crippen molar-refractivity contribution in [1.29, 1.82) is 0 Å². The van der Waals surface area contributed by atoms with E-state index < -0.39 is 0 Å². The fourth-order valence-electron chi connectivity index (χ4n) is 2.27. The summed E-state index contributed by atoms with van der Waals surface area (Å²) in [6.45, 7) is 4.12. The predicted molar refractivity (Wildman–Crippen MR) is 91.7 cm³/mol. The fourth-order valence-corrected chi connectivity index (χ4v) is 3.07. The number of nitrogens with one attached hydrogen (secondary N) is 1. The average Bonchev–Trinajstić information content (AvgIpc) is 2.54. The molecule has 3 rings (SSSR count). The van der Waals surface area contributed by atoms with Gasteiger partial charge < -0.3 is 5.43 Å². The number of hydrogen-bond donors (Lipinski definition) is 2. The normalized spacial score (nSPS) is 10.9. The Hall–Kier alpha value is -2.18. The molecule has 5 nitrogen and oxygen atoms in total. The summed E-state index contributed by atoms with van der Waals surface area (Å²) < 4.78 is 0. The van der Waals surface area contributed by atoms with E-state index in [4.69, 9.17) is 5.84 Å². The lowest BCUT2D eigenvalue weighted by molar-refractivity contribution is 1.15. The van der Waals surface area contributed by atoms with Crippen molar-refractivity contribution < 1.29 is 0 Å². The van der Waals surface area contributed by atoms with Crippen molar-refractivity contribution in [1.82, 2.24) is 15.0 Å². The van der Waals surface area contributed by atoms with Crippen molar-refractivity contribution in [2.45, 2.75) is 18.7 Å². The van der Waals surface area contributed by atoms with Crippen molar-refractivity contribution in [3.05, 3.63) is 42.1 Å². The molecule has 0 unspecified atom stereocenters. The van der Waals surface area contributed by atoms with Crippen molar-refractivity contribution >= 4 is 28.6 Å². The third kappa shape index (κ3) is 2.75. The van der Waals surface area contributed by atoms with Crippen LogP contribution in [0.25, 0.3) is 22.4 Å². The Bertz CT molecular complexity index is 819. The topological polar surface area (TPSA) is 76.7 Å². The molecule has 3 aromatic rings. The second-order valence-corrected chi connectivity index (χ2v) is 6.16. The summed E-state index contributed by atoms with van der Waals surface area (Å²) in [6.07, 6.45) is 1.78. The van der Waals surface area contributed by atoms with Crippen molar-refractivity contribution in [2.24, 2.45) is 5.84 Å².